The van der Waals surface area contributed by atoms with Crippen LogP contribution in [0.2, 0.25) is 0 Å². The second kappa shape index (κ2) is 3.01. The standard InChI is InChI=1S/C7H12N2S/c1-3-5-6(4-2)10-7(8)9-5/h3-4H2,1-2H3,(H2,8,9). The molecule has 0 aliphatic carbocycles. The Balaban J connectivity index is 2.96. The van der Waals surface area contributed by atoms with E-state index in [0.29, 0.717) is 5.13 Å². The number of rotatable bonds is 2. The van der Waals surface area contributed by atoms with Crippen molar-refractivity contribution in [1.82, 2.24) is 4.98 Å². The van der Waals surface area contributed by atoms with E-state index in [1.807, 2.05) is 0 Å². The molecule has 10 heavy (non-hydrogen) atoms. The Morgan fingerprint density at radius 2 is 2.10 bits per heavy atom. The van der Waals surface area contributed by atoms with Crippen LogP contribution in [-0.4, -0.2) is 4.98 Å². The molecule has 0 amide bonds. The van der Waals surface area contributed by atoms with Crippen LogP contribution in [0.1, 0.15) is 24.4 Å². The number of aryl methyl sites for hydroxylation is 2. The van der Waals surface area contributed by atoms with E-state index < -0.39 is 0 Å². The van der Waals surface area contributed by atoms with E-state index in [2.05, 4.69) is 18.8 Å². The van der Waals surface area contributed by atoms with Gasteiger partial charge in [0.25, 0.3) is 0 Å². The molecule has 0 aliphatic heterocycles. The molecule has 0 saturated carbocycles. The topological polar surface area (TPSA) is 38.9 Å². The van der Waals surface area contributed by atoms with Gasteiger partial charge in [-0.2, -0.15) is 0 Å². The fraction of sp³-hybridized carbons (Fsp3) is 0.571. The predicted molar refractivity (Wildman–Crippen MR) is 45.3 cm³/mol. The zero-order chi connectivity index (χ0) is 7.56. The van der Waals surface area contributed by atoms with E-state index in [9.17, 15) is 0 Å². The molecule has 0 unspecified atom stereocenters. The molecule has 3 heteroatoms. The molecule has 0 radical (unpaired) electrons. The van der Waals surface area contributed by atoms with E-state index >= 15 is 0 Å². The van der Waals surface area contributed by atoms with E-state index in [4.69, 9.17) is 5.73 Å². The Hall–Kier alpha value is -0.570. The third kappa shape index (κ3) is 1.29. The summed E-state index contributed by atoms with van der Waals surface area (Å²) < 4.78 is 0. The molecule has 0 bridgehead atoms. The molecule has 2 N–H and O–H groups in total. The minimum absolute atomic E-state index is 0.703. The third-order valence-electron chi connectivity index (χ3n) is 1.45. The van der Waals surface area contributed by atoms with Crippen LogP contribution in [0.25, 0.3) is 0 Å². The number of aromatic nitrogens is 1. The molecule has 0 saturated heterocycles. The highest BCUT2D eigenvalue weighted by Crippen LogP contribution is 2.20. The summed E-state index contributed by atoms with van der Waals surface area (Å²) in [6.45, 7) is 4.24. The minimum Gasteiger partial charge on any atom is -0.375 e. The zero-order valence-electron chi connectivity index (χ0n) is 6.35. The summed E-state index contributed by atoms with van der Waals surface area (Å²) in [7, 11) is 0. The SMILES string of the molecule is CCc1nc(N)sc1CC. The number of hydrogen-bond donors (Lipinski definition) is 1. The summed E-state index contributed by atoms with van der Waals surface area (Å²) in [6.07, 6.45) is 2.05. The average molecular weight is 156 g/mol. The smallest absolute Gasteiger partial charge is 0.180 e. The number of nitrogens with zero attached hydrogens (tertiary/aromatic N) is 1. The highest BCUT2D eigenvalue weighted by molar-refractivity contribution is 7.15. The first-order valence-corrected chi connectivity index (χ1v) is 4.33. The van der Waals surface area contributed by atoms with Gasteiger partial charge in [0, 0.05) is 4.88 Å². The lowest BCUT2D eigenvalue weighted by Gasteiger charge is -1.90. The molecule has 2 nitrogen and oxygen atoms in total. The first-order chi connectivity index (χ1) is 4.77. The second-order valence-electron chi connectivity index (χ2n) is 2.13. The second-order valence-corrected chi connectivity index (χ2v) is 3.24. The zero-order valence-corrected chi connectivity index (χ0v) is 7.16. The molecule has 56 valence electrons. The molecular weight excluding hydrogens is 144 g/mol. The lowest BCUT2D eigenvalue weighted by molar-refractivity contribution is 1.01. The molecule has 1 rings (SSSR count). The Morgan fingerprint density at radius 1 is 1.40 bits per heavy atom. The van der Waals surface area contributed by atoms with Gasteiger partial charge in [0.1, 0.15) is 0 Å². The van der Waals surface area contributed by atoms with Crippen LogP contribution in [-0.2, 0) is 12.8 Å². The Kier molecular flexibility index (Phi) is 2.27. The average Bonchev–Trinajstić information content (AvgIpc) is 2.30. The van der Waals surface area contributed by atoms with Crippen LogP contribution in [0.3, 0.4) is 0 Å². The molecule has 1 aromatic heterocycles. The highest BCUT2D eigenvalue weighted by Gasteiger charge is 2.03. The Morgan fingerprint density at radius 3 is 2.50 bits per heavy atom. The number of nitrogens with two attached hydrogens (primary N) is 1. The van der Waals surface area contributed by atoms with Crippen LogP contribution in [0, 0.1) is 0 Å². The van der Waals surface area contributed by atoms with Gasteiger partial charge in [0.2, 0.25) is 0 Å². The van der Waals surface area contributed by atoms with Crippen LogP contribution >= 0.6 is 11.3 Å². The van der Waals surface area contributed by atoms with Crippen molar-refractivity contribution in [2.24, 2.45) is 0 Å². The lowest BCUT2D eigenvalue weighted by atomic mass is 10.2. The fourth-order valence-corrected chi connectivity index (χ4v) is 1.82. The maximum Gasteiger partial charge on any atom is 0.180 e. The van der Waals surface area contributed by atoms with Crippen LogP contribution < -0.4 is 5.73 Å². The van der Waals surface area contributed by atoms with Gasteiger partial charge in [-0.1, -0.05) is 13.8 Å². The third-order valence-corrected chi connectivity index (χ3v) is 2.52. The van der Waals surface area contributed by atoms with E-state index in [-0.39, 0.29) is 0 Å². The number of nitrogen functional groups attached to an aromatic ring is 1. The summed E-state index contributed by atoms with van der Waals surface area (Å²) in [5.74, 6) is 0. The molecule has 0 atom stereocenters. The summed E-state index contributed by atoms with van der Waals surface area (Å²) in [4.78, 5) is 5.53. The maximum atomic E-state index is 5.54. The van der Waals surface area contributed by atoms with Gasteiger partial charge < -0.3 is 5.73 Å². The molecular formula is C7H12N2S. The molecule has 1 heterocycles. The normalized spacial score (nSPS) is 10.2. The van der Waals surface area contributed by atoms with Crippen LogP contribution in [0.15, 0.2) is 0 Å². The van der Waals surface area contributed by atoms with Gasteiger partial charge >= 0.3 is 0 Å². The lowest BCUT2D eigenvalue weighted by Crippen LogP contribution is -1.86. The summed E-state index contributed by atoms with van der Waals surface area (Å²) in [6, 6.07) is 0. The number of thiazole rings is 1. The van der Waals surface area contributed by atoms with Crippen molar-refractivity contribution < 1.29 is 0 Å². The van der Waals surface area contributed by atoms with Crippen molar-refractivity contribution in [3.8, 4) is 0 Å². The van der Waals surface area contributed by atoms with Crippen LogP contribution in [0.4, 0.5) is 5.13 Å². The summed E-state index contributed by atoms with van der Waals surface area (Å²) in [5.41, 5.74) is 6.71. The molecule has 0 spiro atoms. The highest BCUT2D eigenvalue weighted by atomic mass is 32.1. The van der Waals surface area contributed by atoms with Gasteiger partial charge in [-0.15, -0.1) is 11.3 Å². The van der Waals surface area contributed by atoms with Crippen molar-refractivity contribution in [1.29, 1.82) is 0 Å². The van der Waals surface area contributed by atoms with E-state index in [1.54, 1.807) is 11.3 Å². The molecule has 0 aromatic carbocycles. The monoisotopic (exact) mass is 156 g/mol. The summed E-state index contributed by atoms with van der Waals surface area (Å²) >= 11 is 1.61. The van der Waals surface area contributed by atoms with Crippen molar-refractivity contribution >= 4 is 16.5 Å². The quantitative estimate of drug-likeness (QED) is 0.709. The Bertz CT molecular complexity index is 196. The van der Waals surface area contributed by atoms with E-state index in [1.165, 1.54) is 10.6 Å². The maximum absolute atomic E-state index is 5.54. The number of hydrogen-bond acceptors (Lipinski definition) is 3. The van der Waals surface area contributed by atoms with Gasteiger partial charge in [-0.05, 0) is 12.8 Å². The Labute approximate surface area is 65.1 Å². The van der Waals surface area contributed by atoms with Crippen molar-refractivity contribution in [2.75, 3.05) is 5.73 Å². The van der Waals surface area contributed by atoms with Crippen molar-refractivity contribution in [2.45, 2.75) is 26.7 Å². The summed E-state index contributed by atoms with van der Waals surface area (Å²) in [5, 5.41) is 0.703. The van der Waals surface area contributed by atoms with Gasteiger partial charge in [0.05, 0.1) is 5.69 Å². The largest absolute Gasteiger partial charge is 0.375 e. The van der Waals surface area contributed by atoms with Crippen molar-refractivity contribution in [3.05, 3.63) is 10.6 Å². The first-order valence-electron chi connectivity index (χ1n) is 3.52. The van der Waals surface area contributed by atoms with E-state index in [0.717, 1.165) is 12.8 Å². The molecule has 0 fully saturated rings. The fourth-order valence-electron chi connectivity index (χ4n) is 0.956. The predicted octanol–water partition coefficient (Wildman–Crippen LogP) is 1.85. The minimum atomic E-state index is 0.703. The first kappa shape index (κ1) is 7.54. The van der Waals surface area contributed by atoms with Crippen LogP contribution in [0.5, 0.6) is 0 Å². The van der Waals surface area contributed by atoms with Gasteiger partial charge in [-0.25, -0.2) is 4.98 Å². The van der Waals surface area contributed by atoms with Gasteiger partial charge in [0.15, 0.2) is 5.13 Å². The van der Waals surface area contributed by atoms with Crippen molar-refractivity contribution in [3.63, 3.8) is 0 Å². The molecule has 1 aromatic rings. The number of anilines is 1. The molecule has 0 aliphatic rings. The van der Waals surface area contributed by atoms with Gasteiger partial charge in [-0.3, -0.25) is 0 Å².